The minimum Gasteiger partial charge on any atom is -0.348 e. The smallest absolute Gasteiger partial charge is 0.348 e. The Morgan fingerprint density at radius 2 is 1.89 bits per heavy atom. The average Bonchev–Trinajstić information content (AvgIpc) is 2.66. The van der Waals surface area contributed by atoms with E-state index in [4.69, 9.17) is 0 Å². The molecule has 0 aliphatic heterocycles. The number of aromatic nitrogens is 3. The van der Waals surface area contributed by atoms with E-state index in [0.717, 1.165) is 10.7 Å². The van der Waals surface area contributed by atoms with Crippen molar-refractivity contribution in [3.8, 4) is 0 Å². The lowest BCUT2D eigenvalue weighted by Gasteiger charge is -2.13. The van der Waals surface area contributed by atoms with Crippen LogP contribution in [-0.4, -0.2) is 20.9 Å². The summed E-state index contributed by atoms with van der Waals surface area (Å²) < 4.78 is 41.1. The molecule has 0 unspecified atom stereocenters. The molecular formula is C18H13BrF3N5O. The normalized spacial score (nSPS) is 11.1. The highest BCUT2D eigenvalue weighted by Gasteiger charge is 2.38. The van der Waals surface area contributed by atoms with Gasteiger partial charge in [-0.2, -0.15) is 13.2 Å². The molecule has 0 saturated heterocycles. The summed E-state index contributed by atoms with van der Waals surface area (Å²) in [7, 11) is 0. The molecule has 144 valence electrons. The number of hydrogen-bond acceptors (Lipinski definition) is 5. The number of amides is 1. The van der Waals surface area contributed by atoms with Crippen LogP contribution in [0.2, 0.25) is 0 Å². The number of anilines is 2. The van der Waals surface area contributed by atoms with Gasteiger partial charge < -0.3 is 10.6 Å². The fourth-order valence-corrected chi connectivity index (χ4v) is 2.70. The third-order valence-electron chi connectivity index (χ3n) is 3.59. The number of nitrogens with one attached hydrogen (secondary N) is 2. The molecule has 3 aromatic rings. The lowest BCUT2D eigenvalue weighted by atomic mass is 10.2. The molecule has 0 saturated carbocycles. The fourth-order valence-electron chi connectivity index (χ4n) is 2.30. The molecule has 0 radical (unpaired) electrons. The number of rotatable bonds is 5. The summed E-state index contributed by atoms with van der Waals surface area (Å²) in [5, 5.41) is 5.12. The highest BCUT2D eigenvalue weighted by Crippen LogP contribution is 2.31. The van der Waals surface area contributed by atoms with Crippen LogP contribution < -0.4 is 10.6 Å². The van der Waals surface area contributed by atoms with Gasteiger partial charge in [0.15, 0.2) is 5.69 Å². The number of carbonyl (C=O) groups excluding carboxylic acids is 1. The van der Waals surface area contributed by atoms with Gasteiger partial charge in [-0.1, -0.05) is 22.0 Å². The first-order chi connectivity index (χ1) is 13.3. The number of alkyl halides is 3. The van der Waals surface area contributed by atoms with E-state index in [2.05, 4.69) is 41.5 Å². The van der Waals surface area contributed by atoms with Crippen LogP contribution in [-0.2, 0) is 12.7 Å². The molecule has 2 heterocycles. The first-order valence-corrected chi connectivity index (χ1v) is 8.76. The third-order valence-corrected chi connectivity index (χ3v) is 4.08. The molecule has 1 aromatic carbocycles. The number of halogens is 4. The van der Waals surface area contributed by atoms with Crippen LogP contribution in [0, 0.1) is 0 Å². The van der Waals surface area contributed by atoms with Crippen molar-refractivity contribution in [2.24, 2.45) is 0 Å². The van der Waals surface area contributed by atoms with Crippen LogP contribution in [0.5, 0.6) is 0 Å². The molecule has 0 aliphatic carbocycles. The summed E-state index contributed by atoms with van der Waals surface area (Å²) in [4.78, 5) is 23.5. The van der Waals surface area contributed by atoms with E-state index in [0.29, 0.717) is 11.3 Å². The van der Waals surface area contributed by atoms with Gasteiger partial charge in [0.25, 0.3) is 5.91 Å². The molecule has 6 nitrogen and oxygen atoms in total. The van der Waals surface area contributed by atoms with Gasteiger partial charge >= 0.3 is 6.18 Å². The van der Waals surface area contributed by atoms with Gasteiger partial charge in [-0.15, -0.1) is 0 Å². The predicted molar refractivity (Wildman–Crippen MR) is 99.9 cm³/mol. The van der Waals surface area contributed by atoms with E-state index in [1.807, 2.05) is 0 Å². The molecule has 0 fully saturated rings. The van der Waals surface area contributed by atoms with E-state index in [1.54, 1.807) is 36.4 Å². The second-order valence-corrected chi connectivity index (χ2v) is 6.54. The highest BCUT2D eigenvalue weighted by atomic mass is 79.9. The molecule has 2 N–H and O–H groups in total. The zero-order valence-electron chi connectivity index (χ0n) is 14.2. The Labute approximate surface area is 166 Å². The van der Waals surface area contributed by atoms with Crippen molar-refractivity contribution in [3.05, 3.63) is 76.3 Å². The molecule has 28 heavy (non-hydrogen) atoms. The van der Waals surface area contributed by atoms with Gasteiger partial charge in [0, 0.05) is 35.3 Å². The summed E-state index contributed by atoms with van der Waals surface area (Å²) in [5.41, 5.74) is -0.767. The Hall–Kier alpha value is -3.01. The van der Waals surface area contributed by atoms with Crippen molar-refractivity contribution in [2.75, 3.05) is 5.32 Å². The number of carbonyl (C=O) groups is 1. The Balaban J connectivity index is 1.83. The first-order valence-electron chi connectivity index (χ1n) is 7.97. The Morgan fingerprint density at radius 1 is 1.14 bits per heavy atom. The van der Waals surface area contributed by atoms with Gasteiger partial charge in [0.05, 0.1) is 5.56 Å². The molecule has 0 spiro atoms. The maximum absolute atomic E-state index is 13.4. The van der Waals surface area contributed by atoms with Crippen LogP contribution in [0.3, 0.4) is 0 Å². The second kappa shape index (κ2) is 8.34. The predicted octanol–water partition coefficient (Wildman–Crippen LogP) is 4.33. The standard InChI is InChI=1S/C18H13BrF3N5O/c19-12-2-1-3-13(8-12)26-17-25-10-14(15(27-17)18(20,21)22)16(28)24-9-11-4-6-23-7-5-11/h1-8,10H,9H2,(H,24,28)(H,25,26,27). The fraction of sp³-hybridized carbons (Fsp3) is 0.111. The van der Waals surface area contributed by atoms with E-state index >= 15 is 0 Å². The van der Waals surface area contributed by atoms with Crippen molar-refractivity contribution in [1.82, 2.24) is 20.3 Å². The van der Waals surface area contributed by atoms with Gasteiger partial charge in [-0.3, -0.25) is 9.78 Å². The van der Waals surface area contributed by atoms with Crippen molar-refractivity contribution in [1.29, 1.82) is 0 Å². The van der Waals surface area contributed by atoms with E-state index < -0.39 is 23.3 Å². The molecule has 0 atom stereocenters. The van der Waals surface area contributed by atoms with Crippen LogP contribution in [0.25, 0.3) is 0 Å². The summed E-state index contributed by atoms with van der Waals surface area (Å²) in [6.45, 7) is 0.0523. The van der Waals surface area contributed by atoms with E-state index in [-0.39, 0.29) is 12.5 Å². The number of pyridine rings is 1. The Morgan fingerprint density at radius 3 is 2.57 bits per heavy atom. The van der Waals surface area contributed by atoms with Gasteiger partial charge in [0.2, 0.25) is 5.95 Å². The molecule has 3 rings (SSSR count). The van der Waals surface area contributed by atoms with Gasteiger partial charge in [-0.05, 0) is 35.9 Å². The lowest BCUT2D eigenvalue weighted by Crippen LogP contribution is -2.27. The quantitative estimate of drug-likeness (QED) is 0.603. The summed E-state index contributed by atoms with van der Waals surface area (Å²) in [6, 6.07) is 10.1. The highest BCUT2D eigenvalue weighted by molar-refractivity contribution is 9.10. The van der Waals surface area contributed by atoms with Crippen LogP contribution in [0.15, 0.2) is 59.5 Å². The summed E-state index contributed by atoms with van der Waals surface area (Å²) in [6.07, 6.45) is -0.916. The van der Waals surface area contributed by atoms with Crippen LogP contribution in [0.4, 0.5) is 24.8 Å². The van der Waals surface area contributed by atoms with E-state index in [1.165, 1.54) is 12.4 Å². The van der Waals surface area contributed by atoms with Crippen molar-refractivity contribution in [2.45, 2.75) is 12.7 Å². The lowest BCUT2D eigenvalue weighted by molar-refractivity contribution is -0.141. The molecule has 2 aromatic heterocycles. The van der Waals surface area contributed by atoms with Crippen molar-refractivity contribution in [3.63, 3.8) is 0 Å². The topological polar surface area (TPSA) is 79.8 Å². The number of hydrogen-bond donors (Lipinski definition) is 2. The minimum absolute atomic E-state index is 0.0523. The van der Waals surface area contributed by atoms with E-state index in [9.17, 15) is 18.0 Å². The van der Waals surface area contributed by atoms with Gasteiger partial charge in [-0.25, -0.2) is 9.97 Å². The maximum Gasteiger partial charge on any atom is 0.434 e. The third kappa shape index (κ3) is 5.03. The summed E-state index contributed by atoms with van der Waals surface area (Å²) in [5.74, 6) is -1.19. The Kier molecular flexibility index (Phi) is 5.88. The minimum atomic E-state index is -4.82. The van der Waals surface area contributed by atoms with Crippen LogP contribution in [0.1, 0.15) is 21.6 Å². The largest absolute Gasteiger partial charge is 0.434 e. The molecule has 0 aliphatic rings. The number of nitrogens with zero attached hydrogens (tertiary/aromatic N) is 3. The molecule has 1 amide bonds. The van der Waals surface area contributed by atoms with Gasteiger partial charge in [0.1, 0.15) is 0 Å². The zero-order chi connectivity index (χ0) is 20.1. The molecule has 10 heteroatoms. The van der Waals surface area contributed by atoms with Crippen LogP contribution >= 0.6 is 15.9 Å². The maximum atomic E-state index is 13.4. The van der Waals surface area contributed by atoms with Crippen molar-refractivity contribution >= 4 is 33.5 Å². The average molecular weight is 452 g/mol. The molecule has 0 bridgehead atoms. The second-order valence-electron chi connectivity index (χ2n) is 5.63. The first kappa shape index (κ1) is 19.7. The summed E-state index contributed by atoms with van der Waals surface area (Å²) >= 11 is 3.27. The zero-order valence-corrected chi connectivity index (χ0v) is 15.8. The molecular weight excluding hydrogens is 439 g/mol. The number of benzene rings is 1. The Bertz CT molecular complexity index is 982. The monoisotopic (exact) mass is 451 g/mol. The van der Waals surface area contributed by atoms with Crippen molar-refractivity contribution < 1.29 is 18.0 Å². The SMILES string of the molecule is O=C(NCc1ccncc1)c1cnc(Nc2cccc(Br)c2)nc1C(F)(F)F.